The molecule has 2 fully saturated rings. The number of hydrogen-bond donors (Lipinski definition) is 1. The molecule has 1 aliphatic heterocycles. The first kappa shape index (κ1) is 14.5. The van der Waals surface area contributed by atoms with Gasteiger partial charge in [0.25, 0.3) is 0 Å². The molecule has 2 aliphatic rings. The van der Waals surface area contributed by atoms with E-state index >= 15 is 0 Å². The second kappa shape index (κ2) is 6.15. The molecule has 116 valence electrons. The zero-order valence-corrected chi connectivity index (χ0v) is 12.6. The van der Waals surface area contributed by atoms with Gasteiger partial charge in [-0.3, -0.25) is 14.4 Å². The first-order chi connectivity index (χ1) is 10.2. The Labute approximate surface area is 125 Å². The van der Waals surface area contributed by atoms with Gasteiger partial charge in [-0.1, -0.05) is 12.8 Å². The number of aromatic nitrogens is 2. The van der Waals surface area contributed by atoms with Crippen molar-refractivity contribution in [3.63, 3.8) is 0 Å². The van der Waals surface area contributed by atoms with Crippen molar-refractivity contribution in [3.8, 4) is 0 Å². The molecule has 1 saturated carbocycles. The highest BCUT2D eigenvalue weighted by atomic mass is 16.5. The van der Waals surface area contributed by atoms with Crippen LogP contribution in [0.2, 0.25) is 0 Å². The molecule has 2 N–H and O–H groups in total. The Hall–Kier alpha value is -1.40. The molecule has 1 saturated heterocycles. The summed E-state index contributed by atoms with van der Waals surface area (Å²) in [6.07, 6.45) is 7.86. The normalized spacial score (nSPS) is 27.5. The van der Waals surface area contributed by atoms with E-state index in [2.05, 4.69) is 26.9 Å². The maximum Gasteiger partial charge on any atom is 0.234 e. The van der Waals surface area contributed by atoms with E-state index in [-0.39, 0.29) is 18.1 Å². The zero-order chi connectivity index (χ0) is 14.8. The third-order valence-electron chi connectivity index (χ3n) is 4.75. The molecule has 1 aliphatic carbocycles. The van der Waals surface area contributed by atoms with Gasteiger partial charge in [-0.2, -0.15) is 5.10 Å². The summed E-state index contributed by atoms with van der Waals surface area (Å²) in [5.74, 6) is -0.273. The van der Waals surface area contributed by atoms with Gasteiger partial charge < -0.3 is 10.5 Å². The molecule has 2 atom stereocenters. The highest BCUT2D eigenvalue weighted by Crippen LogP contribution is 2.29. The van der Waals surface area contributed by atoms with E-state index in [1.807, 2.05) is 0 Å². The number of carbonyl (C=O) groups excluding carboxylic acids is 1. The van der Waals surface area contributed by atoms with Gasteiger partial charge in [-0.15, -0.1) is 0 Å². The van der Waals surface area contributed by atoms with Crippen LogP contribution in [0.4, 0.5) is 0 Å². The van der Waals surface area contributed by atoms with E-state index < -0.39 is 0 Å². The summed E-state index contributed by atoms with van der Waals surface area (Å²) in [5.41, 5.74) is 6.51. The van der Waals surface area contributed by atoms with Gasteiger partial charge in [-0.25, -0.2) is 0 Å². The fourth-order valence-corrected chi connectivity index (χ4v) is 3.54. The van der Waals surface area contributed by atoms with Crippen molar-refractivity contribution in [3.05, 3.63) is 18.0 Å². The van der Waals surface area contributed by atoms with Gasteiger partial charge in [0.1, 0.15) is 0 Å². The maximum absolute atomic E-state index is 11.6. The van der Waals surface area contributed by atoms with Crippen LogP contribution in [0.25, 0.3) is 0 Å². The minimum absolute atomic E-state index is 0.0828. The van der Waals surface area contributed by atoms with Crippen LogP contribution in [-0.4, -0.2) is 46.4 Å². The van der Waals surface area contributed by atoms with Crippen LogP contribution in [0.1, 0.15) is 43.8 Å². The van der Waals surface area contributed by atoms with Crippen molar-refractivity contribution < 1.29 is 9.53 Å². The Morgan fingerprint density at radius 1 is 1.48 bits per heavy atom. The van der Waals surface area contributed by atoms with E-state index in [9.17, 15) is 4.79 Å². The second-order valence-corrected chi connectivity index (χ2v) is 6.17. The SMILES string of the molecule is CO[C@H]1C[C@@H](C(N)=O)N(Cc2ccn(C3CCCC3)n2)C1. The van der Waals surface area contributed by atoms with Crippen LogP contribution in [0.15, 0.2) is 12.3 Å². The topological polar surface area (TPSA) is 73.4 Å². The lowest BCUT2D eigenvalue weighted by atomic mass is 10.2. The van der Waals surface area contributed by atoms with E-state index in [0.29, 0.717) is 19.0 Å². The summed E-state index contributed by atoms with van der Waals surface area (Å²) in [5, 5.41) is 4.68. The van der Waals surface area contributed by atoms with E-state index in [1.165, 1.54) is 25.7 Å². The Morgan fingerprint density at radius 2 is 2.24 bits per heavy atom. The number of ether oxygens (including phenoxy) is 1. The van der Waals surface area contributed by atoms with Crippen LogP contribution in [0.5, 0.6) is 0 Å². The minimum Gasteiger partial charge on any atom is -0.380 e. The lowest BCUT2D eigenvalue weighted by Gasteiger charge is -2.20. The summed E-state index contributed by atoms with van der Waals surface area (Å²) in [7, 11) is 1.68. The van der Waals surface area contributed by atoms with Crippen LogP contribution in [0, 0.1) is 0 Å². The molecule has 6 nitrogen and oxygen atoms in total. The number of carbonyl (C=O) groups is 1. The molecule has 0 bridgehead atoms. The van der Waals surface area contributed by atoms with Gasteiger partial charge in [0.15, 0.2) is 0 Å². The van der Waals surface area contributed by atoms with Crippen molar-refractivity contribution in [2.75, 3.05) is 13.7 Å². The molecule has 0 aromatic carbocycles. The quantitative estimate of drug-likeness (QED) is 0.881. The fourth-order valence-electron chi connectivity index (χ4n) is 3.54. The second-order valence-electron chi connectivity index (χ2n) is 6.17. The van der Waals surface area contributed by atoms with Gasteiger partial charge in [0.05, 0.1) is 23.9 Å². The lowest BCUT2D eigenvalue weighted by molar-refractivity contribution is -0.122. The number of nitrogens with two attached hydrogens (primary N) is 1. The predicted molar refractivity (Wildman–Crippen MR) is 78.5 cm³/mol. The third-order valence-corrected chi connectivity index (χ3v) is 4.75. The van der Waals surface area contributed by atoms with Gasteiger partial charge >= 0.3 is 0 Å². The molecule has 21 heavy (non-hydrogen) atoms. The van der Waals surface area contributed by atoms with Crippen molar-refractivity contribution in [2.45, 2.75) is 56.8 Å². The number of likely N-dealkylation sites (tertiary alicyclic amines) is 1. The molecule has 1 aromatic rings. The highest BCUT2D eigenvalue weighted by molar-refractivity contribution is 5.80. The molecule has 0 radical (unpaired) electrons. The number of rotatable bonds is 5. The summed E-state index contributed by atoms with van der Waals surface area (Å²) >= 11 is 0. The standard InChI is InChI=1S/C15H24N4O2/c1-21-13-8-14(15(16)20)18(10-13)9-11-6-7-19(17-11)12-4-2-3-5-12/h6-7,12-14H,2-5,8-10H2,1H3,(H2,16,20)/t13-,14-/m0/s1. The number of amides is 1. The Bertz CT molecular complexity index is 496. The Kier molecular flexibility index (Phi) is 4.26. The molecule has 0 spiro atoms. The summed E-state index contributed by atoms with van der Waals surface area (Å²) in [6, 6.07) is 2.36. The number of nitrogens with zero attached hydrogens (tertiary/aromatic N) is 3. The first-order valence-corrected chi connectivity index (χ1v) is 7.77. The average Bonchev–Trinajstić information content (AvgIpc) is 3.18. The van der Waals surface area contributed by atoms with E-state index in [4.69, 9.17) is 10.5 Å². The third kappa shape index (κ3) is 3.11. The number of hydrogen-bond acceptors (Lipinski definition) is 4. The Balaban J connectivity index is 1.66. The smallest absolute Gasteiger partial charge is 0.234 e. The summed E-state index contributed by atoms with van der Waals surface area (Å²) in [6.45, 7) is 1.40. The molecule has 6 heteroatoms. The average molecular weight is 292 g/mol. The largest absolute Gasteiger partial charge is 0.380 e. The zero-order valence-electron chi connectivity index (χ0n) is 12.6. The number of primary amides is 1. The van der Waals surface area contributed by atoms with Crippen molar-refractivity contribution in [1.29, 1.82) is 0 Å². The van der Waals surface area contributed by atoms with Crippen molar-refractivity contribution >= 4 is 5.91 Å². The number of methoxy groups -OCH3 is 1. The van der Waals surface area contributed by atoms with Gasteiger partial charge in [0.2, 0.25) is 5.91 Å². The van der Waals surface area contributed by atoms with Crippen molar-refractivity contribution in [1.82, 2.24) is 14.7 Å². The molecule has 1 amide bonds. The fraction of sp³-hybridized carbons (Fsp3) is 0.733. The molecule has 2 heterocycles. The first-order valence-electron chi connectivity index (χ1n) is 7.77. The predicted octanol–water partition coefficient (Wildman–Crippen LogP) is 1.07. The van der Waals surface area contributed by atoms with Crippen LogP contribution in [0.3, 0.4) is 0 Å². The maximum atomic E-state index is 11.6. The molecule has 3 rings (SSSR count). The summed E-state index contributed by atoms with van der Waals surface area (Å²) in [4.78, 5) is 13.7. The van der Waals surface area contributed by atoms with Crippen LogP contribution >= 0.6 is 0 Å². The molecular formula is C15H24N4O2. The molecular weight excluding hydrogens is 268 g/mol. The van der Waals surface area contributed by atoms with Crippen molar-refractivity contribution in [2.24, 2.45) is 5.73 Å². The molecule has 1 aromatic heterocycles. The molecule has 0 unspecified atom stereocenters. The van der Waals surface area contributed by atoms with Gasteiger partial charge in [-0.05, 0) is 25.3 Å². The van der Waals surface area contributed by atoms with Crippen LogP contribution in [-0.2, 0) is 16.1 Å². The van der Waals surface area contributed by atoms with Gasteiger partial charge in [0, 0.05) is 26.4 Å². The summed E-state index contributed by atoms with van der Waals surface area (Å²) < 4.78 is 7.46. The van der Waals surface area contributed by atoms with E-state index in [0.717, 1.165) is 12.2 Å². The highest BCUT2D eigenvalue weighted by Gasteiger charge is 2.36. The lowest BCUT2D eigenvalue weighted by Crippen LogP contribution is -2.39. The van der Waals surface area contributed by atoms with Crippen LogP contribution < -0.4 is 5.73 Å². The Morgan fingerprint density at radius 3 is 2.90 bits per heavy atom. The van der Waals surface area contributed by atoms with E-state index in [1.54, 1.807) is 7.11 Å². The minimum atomic E-state index is -0.273. The monoisotopic (exact) mass is 292 g/mol.